The minimum atomic E-state index is -0.0949. The molecule has 3 heterocycles. The summed E-state index contributed by atoms with van der Waals surface area (Å²) >= 11 is 0. The van der Waals surface area contributed by atoms with Crippen molar-refractivity contribution in [3.63, 3.8) is 0 Å². The molecule has 1 saturated heterocycles. The number of nitrogens with one attached hydrogen (secondary N) is 1. The average molecular weight is 422 g/mol. The molecule has 2 amide bonds. The molecule has 7 rings (SSSR count). The van der Waals surface area contributed by atoms with Crippen LogP contribution in [-0.4, -0.2) is 45.2 Å². The van der Waals surface area contributed by atoms with Crippen molar-refractivity contribution in [2.24, 2.45) is 28.9 Å². The lowest BCUT2D eigenvalue weighted by molar-refractivity contribution is -0.124. The molecule has 0 unspecified atom stereocenters. The number of carbonyl (C=O) groups excluding carboxylic acids is 2. The molecular weight excluding hydrogens is 390 g/mol. The second-order valence-corrected chi connectivity index (χ2v) is 10.7. The van der Waals surface area contributed by atoms with E-state index >= 15 is 0 Å². The Morgan fingerprint density at radius 2 is 1.84 bits per heavy atom. The van der Waals surface area contributed by atoms with Crippen LogP contribution in [0.25, 0.3) is 5.65 Å². The zero-order valence-corrected chi connectivity index (χ0v) is 17.9. The maximum atomic E-state index is 13.1. The summed E-state index contributed by atoms with van der Waals surface area (Å²) in [6.45, 7) is 1.24. The van der Waals surface area contributed by atoms with Crippen molar-refractivity contribution in [2.75, 3.05) is 18.4 Å². The number of fused-ring (bicyclic) bond motifs is 1. The van der Waals surface area contributed by atoms with Gasteiger partial charge in [-0.15, -0.1) is 0 Å². The third-order valence-corrected chi connectivity index (χ3v) is 8.19. The number of nitrogens with two attached hydrogens (primary N) is 1. The summed E-state index contributed by atoms with van der Waals surface area (Å²) in [5.41, 5.74) is 7.22. The molecule has 0 aromatic carbocycles. The van der Waals surface area contributed by atoms with Gasteiger partial charge >= 0.3 is 0 Å². The largest absolute Gasteiger partial charge is 0.336 e. The van der Waals surface area contributed by atoms with Gasteiger partial charge < -0.3 is 16.0 Å². The van der Waals surface area contributed by atoms with Crippen molar-refractivity contribution in [2.45, 2.75) is 57.4 Å². The predicted octanol–water partition coefficient (Wildman–Crippen LogP) is 3.05. The Morgan fingerprint density at radius 1 is 1.13 bits per heavy atom. The van der Waals surface area contributed by atoms with Gasteiger partial charge in [0.15, 0.2) is 0 Å². The first-order valence-corrected chi connectivity index (χ1v) is 11.8. The zero-order valence-electron chi connectivity index (χ0n) is 17.9. The molecule has 4 bridgehead atoms. The van der Waals surface area contributed by atoms with E-state index in [1.807, 2.05) is 22.6 Å². The summed E-state index contributed by atoms with van der Waals surface area (Å²) in [5, 5.41) is 3.13. The molecule has 1 aliphatic heterocycles. The maximum absolute atomic E-state index is 13.1. The zero-order chi connectivity index (χ0) is 21.2. The second kappa shape index (κ2) is 7.05. The van der Waals surface area contributed by atoms with Gasteiger partial charge in [0, 0.05) is 31.7 Å². The number of nitrogens with zero attached hydrogens (tertiary/aromatic N) is 3. The summed E-state index contributed by atoms with van der Waals surface area (Å²) in [5.74, 6) is 3.18. The molecule has 0 spiro atoms. The van der Waals surface area contributed by atoms with Gasteiger partial charge in [-0.25, -0.2) is 4.98 Å². The highest BCUT2D eigenvalue weighted by atomic mass is 16.2. The SMILES string of the molecule is N[C@@H]1CCN(C(=O)c2cn3c(NC(=O)CC45CC6CC(CC(C6)C4)C5)cccc3n2)C1. The lowest BCUT2D eigenvalue weighted by Gasteiger charge is -2.56. The Balaban J connectivity index is 1.20. The monoisotopic (exact) mass is 421 g/mol. The molecule has 5 aliphatic rings. The number of likely N-dealkylation sites (tertiary alicyclic amines) is 1. The standard InChI is InChI=1S/C24H31N5O2/c25-18-4-5-28(13-18)23(31)19-14-29-20(26-19)2-1-3-21(29)27-22(30)12-24-9-15-6-16(10-24)8-17(7-15)11-24/h1-3,14-18H,4-13,25H2,(H,27,30)/t15?,16?,17?,18-,24?/m1/s1. The van der Waals surface area contributed by atoms with Gasteiger partial charge in [-0.1, -0.05) is 6.07 Å². The highest BCUT2D eigenvalue weighted by Gasteiger charge is 2.51. The van der Waals surface area contributed by atoms with Crippen molar-refractivity contribution in [1.82, 2.24) is 14.3 Å². The van der Waals surface area contributed by atoms with Crippen LogP contribution in [0.4, 0.5) is 5.82 Å². The van der Waals surface area contributed by atoms with Crippen LogP contribution >= 0.6 is 0 Å². The molecule has 3 N–H and O–H groups in total. The van der Waals surface area contributed by atoms with Crippen molar-refractivity contribution < 1.29 is 9.59 Å². The molecule has 1 atom stereocenters. The van der Waals surface area contributed by atoms with E-state index in [1.165, 1.54) is 38.5 Å². The van der Waals surface area contributed by atoms with Gasteiger partial charge in [-0.3, -0.25) is 14.0 Å². The van der Waals surface area contributed by atoms with Gasteiger partial charge in [0.2, 0.25) is 5.91 Å². The Labute approximate surface area is 182 Å². The minimum Gasteiger partial charge on any atom is -0.336 e. The van der Waals surface area contributed by atoms with E-state index in [1.54, 1.807) is 11.1 Å². The molecule has 31 heavy (non-hydrogen) atoms. The highest BCUT2D eigenvalue weighted by Crippen LogP contribution is 2.61. The Bertz CT molecular complexity index is 1010. The van der Waals surface area contributed by atoms with Crippen LogP contribution in [0.3, 0.4) is 0 Å². The number of anilines is 1. The number of amides is 2. The minimum absolute atomic E-state index is 0.0421. The fourth-order valence-electron chi connectivity index (χ4n) is 7.38. The van der Waals surface area contributed by atoms with Crippen LogP contribution in [-0.2, 0) is 4.79 Å². The summed E-state index contributed by atoms with van der Waals surface area (Å²) in [7, 11) is 0. The summed E-state index contributed by atoms with van der Waals surface area (Å²) < 4.78 is 1.82. The van der Waals surface area contributed by atoms with Gasteiger partial charge in [0.1, 0.15) is 17.2 Å². The maximum Gasteiger partial charge on any atom is 0.274 e. The van der Waals surface area contributed by atoms with Gasteiger partial charge in [-0.2, -0.15) is 0 Å². The Kier molecular flexibility index (Phi) is 4.39. The predicted molar refractivity (Wildman–Crippen MR) is 118 cm³/mol. The lowest BCUT2D eigenvalue weighted by Crippen LogP contribution is -2.47. The number of rotatable bonds is 4. The number of imidazole rings is 1. The van der Waals surface area contributed by atoms with Gasteiger partial charge in [-0.05, 0) is 80.2 Å². The second-order valence-electron chi connectivity index (χ2n) is 10.7. The number of hydrogen-bond acceptors (Lipinski definition) is 4. The van der Waals surface area contributed by atoms with E-state index in [0.717, 1.165) is 24.2 Å². The smallest absolute Gasteiger partial charge is 0.274 e. The van der Waals surface area contributed by atoms with Crippen LogP contribution in [0.5, 0.6) is 0 Å². The molecule has 7 nitrogen and oxygen atoms in total. The quantitative estimate of drug-likeness (QED) is 0.794. The third-order valence-electron chi connectivity index (χ3n) is 8.19. The Morgan fingerprint density at radius 3 is 2.48 bits per heavy atom. The van der Waals surface area contributed by atoms with E-state index in [-0.39, 0.29) is 23.3 Å². The molecule has 164 valence electrons. The molecule has 2 aromatic heterocycles. The van der Waals surface area contributed by atoms with Crippen LogP contribution in [0, 0.1) is 23.2 Å². The normalized spacial score (nSPS) is 33.9. The first-order valence-electron chi connectivity index (χ1n) is 11.8. The molecule has 4 saturated carbocycles. The fourth-order valence-corrected chi connectivity index (χ4v) is 7.38. The summed E-state index contributed by atoms with van der Waals surface area (Å²) in [6, 6.07) is 5.66. The fraction of sp³-hybridized carbons (Fsp3) is 0.625. The highest BCUT2D eigenvalue weighted by molar-refractivity contribution is 5.94. The van der Waals surface area contributed by atoms with Crippen molar-refractivity contribution in [3.05, 3.63) is 30.1 Å². The van der Waals surface area contributed by atoms with E-state index in [0.29, 0.717) is 36.7 Å². The number of pyridine rings is 1. The summed E-state index contributed by atoms with van der Waals surface area (Å²) in [4.78, 5) is 32.2. The first kappa shape index (κ1) is 19.3. The van der Waals surface area contributed by atoms with E-state index in [4.69, 9.17) is 5.73 Å². The van der Waals surface area contributed by atoms with Gasteiger partial charge in [0.05, 0.1) is 0 Å². The van der Waals surface area contributed by atoms with E-state index in [9.17, 15) is 9.59 Å². The number of hydrogen-bond donors (Lipinski definition) is 2. The van der Waals surface area contributed by atoms with Crippen molar-refractivity contribution >= 4 is 23.3 Å². The molecule has 7 heteroatoms. The lowest BCUT2D eigenvalue weighted by atomic mass is 9.49. The molecule has 5 fully saturated rings. The van der Waals surface area contributed by atoms with Crippen molar-refractivity contribution in [1.29, 1.82) is 0 Å². The van der Waals surface area contributed by atoms with Crippen LogP contribution in [0.2, 0.25) is 0 Å². The van der Waals surface area contributed by atoms with Gasteiger partial charge in [0.25, 0.3) is 5.91 Å². The third kappa shape index (κ3) is 3.43. The van der Waals surface area contributed by atoms with Crippen LogP contribution in [0.15, 0.2) is 24.4 Å². The number of aromatic nitrogens is 2. The molecule has 4 aliphatic carbocycles. The van der Waals surface area contributed by atoms with Crippen LogP contribution in [0.1, 0.15) is 61.9 Å². The van der Waals surface area contributed by atoms with Crippen molar-refractivity contribution in [3.8, 4) is 0 Å². The average Bonchev–Trinajstić information content (AvgIpc) is 3.33. The first-order chi connectivity index (χ1) is 15.0. The Hall–Kier alpha value is -2.41. The molecular formula is C24H31N5O2. The molecule has 2 aromatic rings. The van der Waals surface area contributed by atoms with Crippen LogP contribution < -0.4 is 11.1 Å². The topological polar surface area (TPSA) is 92.7 Å². The van der Waals surface area contributed by atoms with E-state index in [2.05, 4.69) is 10.3 Å². The van der Waals surface area contributed by atoms with E-state index < -0.39 is 0 Å². The molecule has 0 radical (unpaired) electrons. The summed E-state index contributed by atoms with van der Waals surface area (Å²) in [6.07, 6.45) is 11.0. The number of carbonyl (C=O) groups is 2.